The molecule has 4 heteroatoms. The third-order valence-corrected chi connectivity index (χ3v) is 2.43. The van der Waals surface area contributed by atoms with E-state index in [4.69, 9.17) is 17.3 Å². The molecular weight excluding hydrogens is 236 g/mol. The number of nitrogens with two attached hydrogens (primary N) is 1. The first kappa shape index (κ1) is 11.4. The van der Waals surface area contributed by atoms with E-state index in [0.717, 1.165) is 16.5 Å². The first-order valence-electron chi connectivity index (χ1n) is 4.98. The van der Waals surface area contributed by atoms with Crippen LogP contribution in [0.2, 0.25) is 5.02 Å². The summed E-state index contributed by atoms with van der Waals surface area (Å²) in [6, 6.07) is 7.21. The summed E-state index contributed by atoms with van der Waals surface area (Å²) >= 11 is 5.88. The van der Waals surface area contributed by atoms with Crippen molar-refractivity contribution in [2.75, 3.05) is 0 Å². The Bertz CT molecular complexity index is 641. The molecule has 0 radical (unpaired) electrons. The number of pyridine rings is 1. The van der Waals surface area contributed by atoms with Gasteiger partial charge in [0.1, 0.15) is 0 Å². The topological polar surface area (TPSA) is 56.0 Å². The average molecular weight is 245 g/mol. The van der Waals surface area contributed by atoms with Gasteiger partial charge in [0.15, 0.2) is 0 Å². The Labute approximate surface area is 104 Å². The molecule has 2 aromatic rings. The predicted octanol–water partition coefficient (Wildman–Crippen LogP) is 2.12. The van der Waals surface area contributed by atoms with Crippen molar-refractivity contribution in [2.45, 2.75) is 6.42 Å². The van der Waals surface area contributed by atoms with Crippen molar-refractivity contribution in [3.63, 3.8) is 0 Å². The summed E-state index contributed by atoms with van der Waals surface area (Å²) in [7, 11) is 0. The van der Waals surface area contributed by atoms with Crippen molar-refractivity contribution in [3.8, 4) is 11.8 Å². The van der Waals surface area contributed by atoms with E-state index in [2.05, 4.69) is 16.8 Å². The number of hydrogen-bond acceptors (Lipinski definition) is 2. The smallest absolute Gasteiger partial charge is 0.229 e. The third kappa shape index (κ3) is 2.74. The van der Waals surface area contributed by atoms with E-state index in [1.54, 1.807) is 24.4 Å². The maximum Gasteiger partial charge on any atom is 0.229 e. The summed E-state index contributed by atoms with van der Waals surface area (Å²) in [5.74, 6) is 5.20. The minimum absolute atomic E-state index is 0.0530. The molecule has 17 heavy (non-hydrogen) atoms. The first-order chi connectivity index (χ1) is 8.16. The number of halogens is 1. The standard InChI is InChI=1S/C13H9ClN2O/c14-10-4-5-11-9(2-1-3-13(15)17)6-7-16-12(11)8-10/h4-8H,3H2,(H2,15,17). The lowest BCUT2D eigenvalue weighted by Gasteiger charge is -1.99. The molecule has 0 fully saturated rings. The molecule has 1 amide bonds. The van der Waals surface area contributed by atoms with Gasteiger partial charge in [-0.15, -0.1) is 0 Å². The molecule has 2 rings (SSSR count). The van der Waals surface area contributed by atoms with Gasteiger partial charge >= 0.3 is 0 Å². The fourth-order valence-electron chi connectivity index (χ4n) is 1.46. The summed E-state index contributed by atoms with van der Waals surface area (Å²) in [6.45, 7) is 0. The molecule has 3 nitrogen and oxygen atoms in total. The predicted molar refractivity (Wildman–Crippen MR) is 67.4 cm³/mol. The fourth-order valence-corrected chi connectivity index (χ4v) is 1.62. The Morgan fingerprint density at radius 3 is 3.00 bits per heavy atom. The van der Waals surface area contributed by atoms with Gasteiger partial charge in [-0.2, -0.15) is 0 Å². The maximum atomic E-state index is 10.6. The lowest BCUT2D eigenvalue weighted by atomic mass is 10.1. The van der Waals surface area contributed by atoms with Gasteiger partial charge in [0, 0.05) is 22.2 Å². The Morgan fingerprint density at radius 1 is 1.41 bits per heavy atom. The zero-order chi connectivity index (χ0) is 12.3. The highest BCUT2D eigenvalue weighted by Crippen LogP contribution is 2.19. The summed E-state index contributed by atoms with van der Waals surface area (Å²) < 4.78 is 0. The Hall–Kier alpha value is -2.05. The number of nitrogens with zero attached hydrogens (tertiary/aromatic N) is 1. The van der Waals surface area contributed by atoms with Crippen LogP contribution in [0.25, 0.3) is 10.9 Å². The number of carbonyl (C=O) groups is 1. The van der Waals surface area contributed by atoms with Crippen LogP contribution < -0.4 is 5.73 Å². The molecule has 0 aliphatic rings. The number of amides is 1. The van der Waals surface area contributed by atoms with E-state index in [1.165, 1.54) is 0 Å². The van der Waals surface area contributed by atoms with Crippen molar-refractivity contribution in [1.29, 1.82) is 0 Å². The van der Waals surface area contributed by atoms with Gasteiger partial charge in [-0.05, 0) is 18.2 Å². The minimum atomic E-state index is -0.432. The van der Waals surface area contributed by atoms with Crippen LogP contribution in [-0.2, 0) is 4.79 Å². The van der Waals surface area contributed by atoms with Crippen molar-refractivity contribution in [3.05, 3.63) is 41.0 Å². The molecule has 1 aromatic carbocycles. The Morgan fingerprint density at radius 2 is 2.24 bits per heavy atom. The van der Waals surface area contributed by atoms with Crippen LogP contribution in [0.3, 0.4) is 0 Å². The van der Waals surface area contributed by atoms with Crippen LogP contribution in [0, 0.1) is 11.8 Å². The monoisotopic (exact) mass is 244 g/mol. The molecule has 1 aromatic heterocycles. The molecule has 0 aliphatic heterocycles. The van der Waals surface area contributed by atoms with Gasteiger partial charge in [0.2, 0.25) is 5.91 Å². The van der Waals surface area contributed by atoms with Crippen LogP contribution in [-0.4, -0.2) is 10.9 Å². The SMILES string of the molecule is NC(=O)CC#Cc1ccnc2cc(Cl)ccc12. The van der Waals surface area contributed by atoms with Crippen LogP contribution in [0.1, 0.15) is 12.0 Å². The molecule has 1 heterocycles. The molecule has 0 saturated carbocycles. The average Bonchev–Trinajstić information content (AvgIpc) is 2.28. The number of aromatic nitrogens is 1. The van der Waals surface area contributed by atoms with Crippen LogP contribution >= 0.6 is 11.6 Å². The Balaban J connectivity index is 2.46. The summed E-state index contributed by atoms with van der Waals surface area (Å²) in [6.07, 6.45) is 1.71. The van der Waals surface area contributed by atoms with E-state index in [0.29, 0.717) is 5.02 Å². The van der Waals surface area contributed by atoms with Gasteiger partial charge in [0.25, 0.3) is 0 Å². The second-order valence-corrected chi connectivity index (χ2v) is 3.90. The zero-order valence-electron chi connectivity index (χ0n) is 8.90. The van der Waals surface area contributed by atoms with Crippen molar-refractivity contribution < 1.29 is 4.79 Å². The quantitative estimate of drug-likeness (QED) is 0.782. The van der Waals surface area contributed by atoms with Gasteiger partial charge < -0.3 is 5.73 Å². The molecule has 0 aliphatic carbocycles. The van der Waals surface area contributed by atoms with Crippen molar-refractivity contribution in [1.82, 2.24) is 4.98 Å². The zero-order valence-corrected chi connectivity index (χ0v) is 9.66. The molecule has 0 saturated heterocycles. The minimum Gasteiger partial charge on any atom is -0.369 e. The lowest BCUT2D eigenvalue weighted by Crippen LogP contribution is -2.08. The normalized spacial score (nSPS) is 9.71. The summed E-state index contributed by atoms with van der Waals surface area (Å²) in [5.41, 5.74) is 6.61. The molecule has 0 atom stereocenters. The Kier molecular flexibility index (Phi) is 3.27. The number of rotatable bonds is 1. The van der Waals surface area contributed by atoms with Crippen LogP contribution in [0.5, 0.6) is 0 Å². The summed E-state index contributed by atoms with van der Waals surface area (Å²) in [4.78, 5) is 14.8. The summed E-state index contributed by atoms with van der Waals surface area (Å²) in [5, 5.41) is 1.54. The highest BCUT2D eigenvalue weighted by Gasteiger charge is 2.00. The third-order valence-electron chi connectivity index (χ3n) is 2.19. The van der Waals surface area contributed by atoms with Gasteiger partial charge in [-0.3, -0.25) is 9.78 Å². The van der Waals surface area contributed by atoms with Gasteiger partial charge in [0.05, 0.1) is 11.9 Å². The number of carbonyl (C=O) groups excluding carboxylic acids is 1. The number of benzene rings is 1. The highest BCUT2D eigenvalue weighted by atomic mass is 35.5. The molecule has 84 valence electrons. The van der Waals surface area contributed by atoms with E-state index in [-0.39, 0.29) is 6.42 Å². The molecular formula is C13H9ClN2O. The fraction of sp³-hybridized carbons (Fsp3) is 0.0769. The lowest BCUT2D eigenvalue weighted by molar-refractivity contribution is -0.117. The molecule has 0 unspecified atom stereocenters. The van der Waals surface area contributed by atoms with Gasteiger partial charge in [-0.25, -0.2) is 0 Å². The van der Waals surface area contributed by atoms with Crippen LogP contribution in [0.15, 0.2) is 30.5 Å². The molecule has 2 N–H and O–H groups in total. The first-order valence-corrected chi connectivity index (χ1v) is 5.36. The van der Waals surface area contributed by atoms with E-state index in [9.17, 15) is 4.79 Å². The van der Waals surface area contributed by atoms with Crippen molar-refractivity contribution in [2.24, 2.45) is 5.73 Å². The second kappa shape index (κ2) is 4.86. The van der Waals surface area contributed by atoms with E-state index >= 15 is 0 Å². The van der Waals surface area contributed by atoms with Crippen LogP contribution in [0.4, 0.5) is 0 Å². The highest BCUT2D eigenvalue weighted by molar-refractivity contribution is 6.31. The number of fused-ring (bicyclic) bond motifs is 1. The maximum absolute atomic E-state index is 10.6. The largest absolute Gasteiger partial charge is 0.369 e. The number of primary amides is 1. The number of hydrogen-bond donors (Lipinski definition) is 1. The van der Waals surface area contributed by atoms with Gasteiger partial charge in [-0.1, -0.05) is 29.5 Å². The van der Waals surface area contributed by atoms with E-state index in [1.807, 2.05) is 6.07 Å². The second-order valence-electron chi connectivity index (χ2n) is 3.46. The molecule has 0 spiro atoms. The molecule has 0 bridgehead atoms. The van der Waals surface area contributed by atoms with E-state index < -0.39 is 5.91 Å². The van der Waals surface area contributed by atoms with Crippen molar-refractivity contribution >= 4 is 28.4 Å².